The van der Waals surface area contributed by atoms with Gasteiger partial charge < -0.3 is 14.6 Å². The molecule has 7 nitrogen and oxygen atoms in total. The highest BCUT2D eigenvalue weighted by Gasteiger charge is 2.23. The van der Waals surface area contributed by atoms with E-state index in [0.29, 0.717) is 23.2 Å². The monoisotopic (exact) mass is 576 g/mol. The number of aliphatic imine (C=N–C) groups is 1. The van der Waals surface area contributed by atoms with Crippen LogP contribution in [0.25, 0.3) is 0 Å². The second-order valence-electron chi connectivity index (χ2n) is 9.55. The molecule has 2 unspecified atom stereocenters. The zero-order chi connectivity index (χ0) is 30.2. The molecule has 0 fully saturated rings. The zero-order valence-electron chi connectivity index (χ0n) is 24.2. The highest BCUT2D eigenvalue weighted by atomic mass is 32.2. The Morgan fingerprint density at radius 1 is 1.15 bits per heavy atom. The second-order valence-corrected chi connectivity index (χ2v) is 10.8. The summed E-state index contributed by atoms with van der Waals surface area (Å²) in [6.45, 7) is 15.3. The molecule has 0 bridgehead atoms. The number of carbonyl (C=O) groups is 1. The third kappa shape index (κ3) is 11.9. The molecule has 1 aliphatic heterocycles. The molecule has 0 aromatic rings. The minimum Gasteiger partial charge on any atom is -0.494 e. The maximum atomic E-state index is 12.7. The van der Waals surface area contributed by atoms with Gasteiger partial charge in [-0.25, -0.2) is 13.9 Å². The number of nitrogens with one attached hydrogen (secondary N) is 1. The summed E-state index contributed by atoms with van der Waals surface area (Å²) in [6, 6.07) is -0.925. The van der Waals surface area contributed by atoms with Crippen LogP contribution in [-0.4, -0.2) is 34.1 Å². The largest absolute Gasteiger partial charge is 0.494 e. The van der Waals surface area contributed by atoms with Crippen LogP contribution < -0.4 is 4.72 Å². The summed E-state index contributed by atoms with van der Waals surface area (Å²) in [6.07, 6.45) is 27.4. The number of hydrogen-bond acceptors (Lipinski definition) is 5. The molecule has 218 valence electrons. The van der Waals surface area contributed by atoms with Crippen molar-refractivity contribution < 1.29 is 23.6 Å². The minimum atomic E-state index is -1.71. The maximum absolute atomic E-state index is 12.7. The van der Waals surface area contributed by atoms with Crippen molar-refractivity contribution in [3.8, 4) is 0 Å². The van der Waals surface area contributed by atoms with E-state index in [4.69, 9.17) is 9.47 Å². The van der Waals surface area contributed by atoms with Gasteiger partial charge in [-0.05, 0) is 85.8 Å². The maximum Gasteiger partial charge on any atom is 0.321 e. The summed E-state index contributed by atoms with van der Waals surface area (Å²) in [4.78, 5) is 16.1. The topological polar surface area (TPSA) is 97.2 Å². The molecule has 0 saturated carbocycles. The van der Waals surface area contributed by atoms with E-state index in [0.717, 1.165) is 35.3 Å². The quantitative estimate of drug-likeness (QED) is 0.161. The first-order valence-corrected chi connectivity index (χ1v) is 14.5. The molecule has 0 aromatic carbocycles. The van der Waals surface area contributed by atoms with E-state index in [2.05, 4.69) is 28.9 Å². The number of rotatable bonds is 15. The van der Waals surface area contributed by atoms with Gasteiger partial charge in [0.15, 0.2) is 0 Å². The molecule has 2 atom stereocenters. The fourth-order valence-corrected chi connectivity index (χ4v) is 4.55. The molecule has 1 heterocycles. The summed E-state index contributed by atoms with van der Waals surface area (Å²) in [5, 5.41) is 9.37. The lowest BCUT2D eigenvalue weighted by Crippen LogP contribution is -2.41. The zero-order valence-corrected chi connectivity index (χ0v) is 25.0. The van der Waals surface area contributed by atoms with E-state index in [1.807, 2.05) is 62.5 Å². The van der Waals surface area contributed by atoms with Gasteiger partial charge in [-0.1, -0.05) is 69.5 Å². The number of hydrogen-bond donors (Lipinski definition) is 2. The van der Waals surface area contributed by atoms with Gasteiger partial charge in [0, 0.05) is 6.21 Å². The lowest BCUT2D eigenvalue weighted by Gasteiger charge is -2.17. The van der Waals surface area contributed by atoms with Crippen LogP contribution in [0.2, 0.25) is 0 Å². The summed E-state index contributed by atoms with van der Waals surface area (Å²) in [7, 11) is -1.71. The van der Waals surface area contributed by atoms with Crippen molar-refractivity contribution in [3.63, 3.8) is 0 Å². The smallest absolute Gasteiger partial charge is 0.321 e. The molecule has 2 aliphatic rings. The fraction of sp³-hybridized carbons (Fsp3) is 0.273. The van der Waals surface area contributed by atoms with Gasteiger partial charge in [-0.2, -0.15) is 0 Å². The molecule has 0 saturated heterocycles. The molecule has 0 spiro atoms. The Labute approximate surface area is 246 Å². The van der Waals surface area contributed by atoms with Crippen LogP contribution in [0, 0.1) is 5.92 Å². The Morgan fingerprint density at radius 3 is 2.61 bits per heavy atom. The lowest BCUT2D eigenvalue weighted by atomic mass is 10.1. The predicted octanol–water partition coefficient (Wildman–Crippen LogP) is 7.06. The molecule has 0 amide bonds. The van der Waals surface area contributed by atoms with E-state index in [1.54, 1.807) is 38.3 Å². The summed E-state index contributed by atoms with van der Waals surface area (Å²) < 4.78 is 27.1. The van der Waals surface area contributed by atoms with Crippen LogP contribution in [0.15, 0.2) is 136 Å². The lowest BCUT2D eigenvalue weighted by molar-refractivity contribution is -0.140. The highest BCUT2D eigenvalue weighted by molar-refractivity contribution is 7.87. The van der Waals surface area contributed by atoms with Crippen molar-refractivity contribution in [1.29, 1.82) is 0 Å². The molecule has 0 radical (unpaired) electrons. The van der Waals surface area contributed by atoms with Crippen LogP contribution >= 0.6 is 0 Å². The van der Waals surface area contributed by atoms with Crippen LogP contribution in [0.1, 0.15) is 40.5 Å². The van der Waals surface area contributed by atoms with Gasteiger partial charge in [-0.3, -0.25) is 4.79 Å². The number of carboxylic acid groups (broad SMARTS) is 1. The average molecular weight is 577 g/mol. The summed E-state index contributed by atoms with van der Waals surface area (Å²) in [5.74, 6) is 0.558. The Balaban J connectivity index is 2.03. The number of ether oxygens (including phenoxy) is 2. The van der Waals surface area contributed by atoms with Crippen LogP contribution in [0.3, 0.4) is 0 Å². The molecule has 0 aromatic heterocycles. The molecule has 1 aliphatic carbocycles. The number of allylic oxidation sites excluding steroid dienone is 16. The van der Waals surface area contributed by atoms with Crippen molar-refractivity contribution in [1.82, 2.24) is 4.72 Å². The predicted molar refractivity (Wildman–Crippen MR) is 169 cm³/mol. The minimum absolute atomic E-state index is 0.220. The number of aliphatic carboxylic acids is 1. The summed E-state index contributed by atoms with van der Waals surface area (Å²) >= 11 is 0. The number of carboxylic acids is 1. The van der Waals surface area contributed by atoms with Crippen molar-refractivity contribution in [2.24, 2.45) is 10.9 Å². The normalized spacial score (nSPS) is 18.0. The standard InChI is InChI=1S/C33H40N2O5S/c1-7-29(40-31-15-10-9-11-22-34-31)20-17-26(6)39-23-27-13-12-14-28(19-18-27)25(5)16-21-30(8-2)41(38)35-32(24(3)4)33(36)37/h7-9,11-12,14-22,24,32,35H,1-2,10,13,23H2,3-6H3,(H,36,37)/b25-16+,26-17+,29-20+,30-21+. The third-order valence-electron chi connectivity index (χ3n) is 5.95. The van der Waals surface area contributed by atoms with Crippen LogP contribution in [0.5, 0.6) is 0 Å². The van der Waals surface area contributed by atoms with E-state index in [9.17, 15) is 14.1 Å². The van der Waals surface area contributed by atoms with Gasteiger partial charge in [0.1, 0.15) is 29.4 Å². The van der Waals surface area contributed by atoms with Crippen molar-refractivity contribution in [2.75, 3.05) is 6.61 Å². The fourth-order valence-electron chi connectivity index (χ4n) is 3.47. The molecular weight excluding hydrogens is 536 g/mol. The molecule has 2 rings (SSSR count). The van der Waals surface area contributed by atoms with Crippen molar-refractivity contribution in [3.05, 3.63) is 131 Å². The van der Waals surface area contributed by atoms with Gasteiger partial charge in [0.05, 0.1) is 10.7 Å². The first kappa shape index (κ1) is 33.2. The Morgan fingerprint density at radius 2 is 1.93 bits per heavy atom. The Kier molecular flexibility index (Phi) is 14.3. The first-order valence-electron chi connectivity index (χ1n) is 13.3. The summed E-state index contributed by atoms with van der Waals surface area (Å²) in [5.41, 5.74) is 3.06. The van der Waals surface area contributed by atoms with Crippen molar-refractivity contribution >= 4 is 23.2 Å². The highest BCUT2D eigenvalue weighted by Crippen LogP contribution is 2.19. The molecule has 2 N–H and O–H groups in total. The number of nitrogens with zero attached hydrogens (tertiary/aromatic N) is 1. The average Bonchev–Trinajstić information content (AvgIpc) is 3.35. The Hall–Kier alpha value is -4.01. The van der Waals surface area contributed by atoms with E-state index < -0.39 is 23.0 Å². The first-order chi connectivity index (χ1) is 19.6. The van der Waals surface area contributed by atoms with Gasteiger partial charge >= 0.3 is 5.97 Å². The SMILES string of the molecule is C=C/C(=C\C=C(/C)OCC1=CC=C(/C(C)=C/C=C(\C=C)S(=O)NC(C(=O)O)C(C)C)C=CC1)OC1=CCC=CC=N1. The van der Waals surface area contributed by atoms with Crippen LogP contribution in [0.4, 0.5) is 0 Å². The van der Waals surface area contributed by atoms with Gasteiger partial charge in [-0.15, -0.1) is 0 Å². The third-order valence-corrected chi connectivity index (χ3v) is 7.15. The molecule has 41 heavy (non-hydrogen) atoms. The second kappa shape index (κ2) is 17.6. The Bertz CT molecular complexity index is 1320. The van der Waals surface area contributed by atoms with Gasteiger partial charge in [0.2, 0.25) is 5.88 Å². The van der Waals surface area contributed by atoms with E-state index >= 15 is 0 Å². The van der Waals surface area contributed by atoms with E-state index in [-0.39, 0.29) is 5.92 Å². The molecular formula is C33H40N2O5S. The van der Waals surface area contributed by atoms with Crippen molar-refractivity contribution in [2.45, 2.75) is 46.6 Å². The van der Waals surface area contributed by atoms with E-state index in [1.165, 1.54) is 6.08 Å². The molecule has 8 heteroatoms. The van der Waals surface area contributed by atoms with Gasteiger partial charge in [0.25, 0.3) is 0 Å². The van der Waals surface area contributed by atoms with Crippen LogP contribution in [-0.2, 0) is 25.3 Å².